The number of nitro benzene ring substituents is 1. The topological polar surface area (TPSA) is 69.4 Å². The van der Waals surface area contributed by atoms with Gasteiger partial charge in [0, 0.05) is 28.2 Å². The molecule has 0 radical (unpaired) electrons. The molecule has 112 valence electrons. The summed E-state index contributed by atoms with van der Waals surface area (Å²) in [5.74, 6) is -0.478. The second kappa shape index (κ2) is 7.51. The summed E-state index contributed by atoms with van der Waals surface area (Å²) in [6, 6.07) is 13.4. The molecule has 0 heterocycles. The molecule has 0 atom stereocenters. The van der Waals surface area contributed by atoms with Crippen molar-refractivity contribution < 1.29 is 14.5 Å². The van der Waals surface area contributed by atoms with Gasteiger partial charge in [-0.25, -0.2) is 4.79 Å². The van der Waals surface area contributed by atoms with Crippen LogP contribution in [0.5, 0.6) is 0 Å². The number of benzene rings is 2. The minimum atomic E-state index is -0.478. The second-order valence-corrected chi connectivity index (χ2v) is 5.24. The molecule has 0 aliphatic heterocycles. The Kier molecular flexibility index (Phi) is 5.43. The van der Waals surface area contributed by atoms with Crippen molar-refractivity contribution in [2.75, 3.05) is 0 Å². The van der Waals surface area contributed by atoms with Gasteiger partial charge in [-0.2, -0.15) is 0 Å². The van der Waals surface area contributed by atoms with E-state index in [9.17, 15) is 14.9 Å². The molecule has 2 rings (SSSR count). The lowest BCUT2D eigenvalue weighted by atomic mass is 10.2. The van der Waals surface area contributed by atoms with Crippen LogP contribution in [0.1, 0.15) is 11.1 Å². The third-order valence-electron chi connectivity index (χ3n) is 2.84. The summed E-state index contributed by atoms with van der Waals surface area (Å²) < 4.78 is 6.01. The van der Waals surface area contributed by atoms with E-state index in [1.165, 1.54) is 18.2 Å². The molecule has 0 aliphatic carbocycles. The van der Waals surface area contributed by atoms with Gasteiger partial charge in [-0.1, -0.05) is 34.1 Å². The minimum Gasteiger partial charge on any atom is -0.458 e. The van der Waals surface area contributed by atoms with Crippen LogP contribution in [0.3, 0.4) is 0 Å². The van der Waals surface area contributed by atoms with Crippen molar-refractivity contribution in [3.05, 3.63) is 80.3 Å². The summed E-state index contributed by atoms with van der Waals surface area (Å²) in [6.45, 7) is 0.171. The summed E-state index contributed by atoms with van der Waals surface area (Å²) in [5, 5.41) is 10.5. The average molecular weight is 362 g/mol. The maximum Gasteiger partial charge on any atom is 0.331 e. The number of carbonyl (C=O) groups is 1. The molecule has 0 saturated carbocycles. The third kappa shape index (κ3) is 4.53. The molecule has 0 amide bonds. The third-order valence-corrected chi connectivity index (χ3v) is 3.62. The lowest BCUT2D eigenvalue weighted by Gasteiger charge is -2.04. The fourth-order valence-electron chi connectivity index (χ4n) is 1.68. The molecule has 2 aromatic carbocycles. The summed E-state index contributed by atoms with van der Waals surface area (Å²) in [6.07, 6.45) is 2.84. The molecule has 0 N–H and O–H groups in total. The number of carbonyl (C=O) groups excluding carboxylic acids is 1. The van der Waals surface area contributed by atoms with E-state index >= 15 is 0 Å². The predicted molar refractivity (Wildman–Crippen MR) is 86.1 cm³/mol. The number of hydrogen-bond acceptors (Lipinski definition) is 4. The van der Waals surface area contributed by atoms with Gasteiger partial charge in [-0.05, 0) is 29.8 Å². The monoisotopic (exact) mass is 361 g/mol. The van der Waals surface area contributed by atoms with Gasteiger partial charge in [0.05, 0.1) is 4.92 Å². The van der Waals surface area contributed by atoms with Crippen molar-refractivity contribution in [1.82, 2.24) is 0 Å². The molecule has 0 saturated heterocycles. The van der Waals surface area contributed by atoms with Crippen LogP contribution in [0.15, 0.2) is 59.1 Å². The first-order valence-electron chi connectivity index (χ1n) is 6.39. The van der Waals surface area contributed by atoms with Crippen molar-refractivity contribution in [3.63, 3.8) is 0 Å². The Morgan fingerprint density at radius 1 is 1.18 bits per heavy atom. The molecular weight excluding hydrogens is 350 g/mol. The lowest BCUT2D eigenvalue weighted by Crippen LogP contribution is -2.01. The fourth-order valence-corrected chi connectivity index (χ4v) is 2.08. The summed E-state index contributed by atoms with van der Waals surface area (Å²) >= 11 is 3.38. The second-order valence-electron chi connectivity index (χ2n) is 4.38. The number of non-ortho nitro benzene ring substituents is 1. The molecule has 5 nitrogen and oxygen atoms in total. The van der Waals surface area contributed by atoms with Crippen LogP contribution in [0.25, 0.3) is 6.08 Å². The Labute approximate surface area is 135 Å². The molecule has 2 aromatic rings. The number of nitro groups is 1. The van der Waals surface area contributed by atoms with Gasteiger partial charge < -0.3 is 4.74 Å². The Balaban J connectivity index is 1.91. The number of nitrogens with zero attached hydrogens (tertiary/aromatic N) is 1. The maximum absolute atomic E-state index is 11.6. The van der Waals surface area contributed by atoms with Gasteiger partial charge in [0.15, 0.2) is 0 Å². The first-order valence-corrected chi connectivity index (χ1v) is 7.18. The molecule has 22 heavy (non-hydrogen) atoms. The van der Waals surface area contributed by atoms with Gasteiger partial charge in [0.1, 0.15) is 6.61 Å². The van der Waals surface area contributed by atoms with Crippen LogP contribution < -0.4 is 0 Å². The highest BCUT2D eigenvalue weighted by molar-refractivity contribution is 9.10. The summed E-state index contributed by atoms with van der Waals surface area (Å²) in [4.78, 5) is 21.7. The number of hydrogen-bond donors (Lipinski definition) is 0. The van der Waals surface area contributed by atoms with Crippen LogP contribution in [0, 0.1) is 10.1 Å². The molecule has 0 unspecified atom stereocenters. The minimum absolute atomic E-state index is 0.00801. The molecule has 0 spiro atoms. The Morgan fingerprint density at radius 2 is 1.86 bits per heavy atom. The zero-order chi connectivity index (χ0) is 15.9. The van der Waals surface area contributed by atoms with Crippen molar-refractivity contribution >= 4 is 33.7 Å². The molecule has 0 fully saturated rings. The van der Waals surface area contributed by atoms with Crippen LogP contribution in [-0.2, 0) is 16.1 Å². The zero-order valence-electron chi connectivity index (χ0n) is 11.4. The Hall–Kier alpha value is -2.47. The van der Waals surface area contributed by atoms with E-state index in [0.717, 1.165) is 10.0 Å². The van der Waals surface area contributed by atoms with Gasteiger partial charge in [-0.15, -0.1) is 0 Å². The van der Waals surface area contributed by atoms with Crippen LogP contribution in [0.2, 0.25) is 0 Å². The molecular formula is C16H12BrNO4. The van der Waals surface area contributed by atoms with Gasteiger partial charge in [-0.3, -0.25) is 10.1 Å². The Bertz CT molecular complexity index is 710. The van der Waals surface area contributed by atoms with Gasteiger partial charge >= 0.3 is 5.97 Å². The summed E-state index contributed by atoms with van der Waals surface area (Å²) in [7, 11) is 0. The highest BCUT2D eigenvalue weighted by Crippen LogP contribution is 2.17. The van der Waals surface area contributed by atoms with Crippen molar-refractivity contribution in [3.8, 4) is 0 Å². The highest BCUT2D eigenvalue weighted by atomic mass is 79.9. The summed E-state index contributed by atoms with van der Waals surface area (Å²) in [5.41, 5.74) is 1.57. The first kappa shape index (κ1) is 15.9. The zero-order valence-corrected chi connectivity index (χ0v) is 13.0. The SMILES string of the molecule is O=C(/C=C/c1ccc([N+](=O)[O-])cc1)OCc1ccccc1Br. The number of rotatable bonds is 5. The van der Waals surface area contributed by atoms with Crippen LogP contribution >= 0.6 is 15.9 Å². The van der Waals surface area contributed by atoms with Crippen LogP contribution in [-0.4, -0.2) is 10.9 Å². The van der Waals surface area contributed by atoms with Gasteiger partial charge in [0.25, 0.3) is 5.69 Å². The van der Waals surface area contributed by atoms with E-state index in [1.54, 1.807) is 18.2 Å². The lowest BCUT2D eigenvalue weighted by molar-refractivity contribution is -0.384. The number of halogens is 1. The van der Waals surface area contributed by atoms with E-state index in [4.69, 9.17) is 4.74 Å². The Morgan fingerprint density at radius 3 is 2.50 bits per heavy atom. The van der Waals surface area contributed by atoms with Crippen LogP contribution in [0.4, 0.5) is 5.69 Å². The van der Waals surface area contributed by atoms with Crippen molar-refractivity contribution in [2.45, 2.75) is 6.61 Å². The molecule has 0 bridgehead atoms. The highest BCUT2D eigenvalue weighted by Gasteiger charge is 2.04. The van der Waals surface area contributed by atoms with Gasteiger partial charge in [0.2, 0.25) is 0 Å². The van der Waals surface area contributed by atoms with E-state index < -0.39 is 10.9 Å². The number of ether oxygens (including phenoxy) is 1. The predicted octanol–water partition coefficient (Wildman–Crippen LogP) is 4.11. The maximum atomic E-state index is 11.6. The van der Waals surface area contributed by atoms with E-state index in [1.807, 2.05) is 24.3 Å². The number of esters is 1. The molecule has 0 aliphatic rings. The quantitative estimate of drug-likeness (QED) is 0.347. The fraction of sp³-hybridized carbons (Fsp3) is 0.0625. The largest absolute Gasteiger partial charge is 0.458 e. The van der Waals surface area contributed by atoms with Crippen molar-refractivity contribution in [2.24, 2.45) is 0 Å². The average Bonchev–Trinajstić information content (AvgIpc) is 2.52. The standard InChI is InChI=1S/C16H12BrNO4/c17-15-4-2-1-3-13(15)11-22-16(19)10-7-12-5-8-14(9-6-12)18(20)21/h1-10H,11H2/b10-7+. The first-order chi connectivity index (χ1) is 10.6. The molecule has 6 heteroatoms. The van der Waals surface area contributed by atoms with E-state index in [2.05, 4.69) is 15.9 Å². The van der Waals surface area contributed by atoms with E-state index in [0.29, 0.717) is 5.56 Å². The van der Waals surface area contributed by atoms with E-state index in [-0.39, 0.29) is 12.3 Å². The normalized spacial score (nSPS) is 10.6. The smallest absolute Gasteiger partial charge is 0.331 e. The van der Waals surface area contributed by atoms with Crippen molar-refractivity contribution in [1.29, 1.82) is 0 Å². The molecule has 0 aromatic heterocycles.